The number of nitrogens with one attached hydrogen (secondary N) is 1. The van der Waals surface area contributed by atoms with Crippen LogP contribution in [0.4, 0.5) is 5.69 Å². The first-order valence-corrected chi connectivity index (χ1v) is 15.1. The molecule has 3 aromatic rings. The predicted molar refractivity (Wildman–Crippen MR) is 154 cm³/mol. The van der Waals surface area contributed by atoms with Gasteiger partial charge in [-0.3, -0.25) is 13.9 Å². The van der Waals surface area contributed by atoms with Crippen LogP contribution in [0.25, 0.3) is 0 Å². The summed E-state index contributed by atoms with van der Waals surface area (Å²) in [6.07, 6.45) is 5.13. The van der Waals surface area contributed by atoms with Crippen LogP contribution in [0.1, 0.15) is 44.6 Å². The summed E-state index contributed by atoms with van der Waals surface area (Å²) < 4.78 is 28.6. The molecule has 0 aromatic heterocycles. The minimum absolute atomic E-state index is 0.0374. The molecule has 0 heterocycles. The SMILES string of the molecule is C[C@@H](C(=O)NC1CCCCC1)N(Cc1ccccc1)C(=O)CN(c1ccccc1Cl)S(=O)(=O)c1ccccc1. The summed E-state index contributed by atoms with van der Waals surface area (Å²) in [6.45, 7) is 1.32. The second-order valence-electron chi connectivity index (χ2n) is 9.80. The van der Waals surface area contributed by atoms with E-state index in [1.807, 2.05) is 30.3 Å². The van der Waals surface area contributed by atoms with E-state index in [1.165, 1.54) is 17.0 Å². The molecule has 9 heteroatoms. The molecule has 0 saturated heterocycles. The molecule has 1 saturated carbocycles. The van der Waals surface area contributed by atoms with E-state index in [9.17, 15) is 18.0 Å². The third-order valence-electron chi connectivity index (χ3n) is 7.05. The lowest BCUT2D eigenvalue weighted by atomic mass is 9.95. The smallest absolute Gasteiger partial charge is 0.264 e. The third kappa shape index (κ3) is 7.19. The first kappa shape index (κ1) is 28.6. The Morgan fingerprint density at radius 3 is 2.13 bits per heavy atom. The molecule has 0 aliphatic heterocycles. The van der Waals surface area contributed by atoms with Crippen molar-refractivity contribution < 1.29 is 18.0 Å². The number of benzene rings is 3. The first-order chi connectivity index (χ1) is 18.8. The van der Waals surface area contributed by atoms with Crippen molar-refractivity contribution in [1.82, 2.24) is 10.2 Å². The third-order valence-corrected chi connectivity index (χ3v) is 9.14. The van der Waals surface area contributed by atoms with Crippen LogP contribution >= 0.6 is 11.6 Å². The molecule has 1 atom stereocenters. The second-order valence-corrected chi connectivity index (χ2v) is 12.1. The highest BCUT2D eigenvalue weighted by Crippen LogP contribution is 2.30. The van der Waals surface area contributed by atoms with Crippen molar-refractivity contribution in [1.29, 1.82) is 0 Å². The van der Waals surface area contributed by atoms with Crippen molar-refractivity contribution in [2.75, 3.05) is 10.8 Å². The number of rotatable bonds is 10. The number of anilines is 1. The van der Waals surface area contributed by atoms with Gasteiger partial charge in [0.05, 0.1) is 15.6 Å². The van der Waals surface area contributed by atoms with Gasteiger partial charge in [-0.25, -0.2) is 8.42 Å². The number of sulfonamides is 1. The molecule has 1 aliphatic rings. The number of carbonyl (C=O) groups is 2. The van der Waals surface area contributed by atoms with Crippen molar-refractivity contribution in [2.24, 2.45) is 0 Å². The van der Waals surface area contributed by atoms with Crippen LogP contribution in [-0.2, 0) is 26.2 Å². The molecule has 206 valence electrons. The van der Waals surface area contributed by atoms with E-state index in [1.54, 1.807) is 49.4 Å². The van der Waals surface area contributed by atoms with Gasteiger partial charge in [0.25, 0.3) is 10.0 Å². The van der Waals surface area contributed by atoms with Crippen LogP contribution in [0.5, 0.6) is 0 Å². The Labute approximate surface area is 235 Å². The molecule has 0 spiro atoms. The summed E-state index contributed by atoms with van der Waals surface area (Å²) in [6, 6.07) is 23.1. The molecule has 1 fully saturated rings. The molecular formula is C30H34ClN3O4S. The zero-order valence-electron chi connectivity index (χ0n) is 22.0. The molecule has 7 nitrogen and oxygen atoms in total. The summed E-state index contributed by atoms with van der Waals surface area (Å²) in [5.41, 5.74) is 1.02. The Kier molecular flexibility index (Phi) is 9.64. The van der Waals surface area contributed by atoms with E-state index in [-0.39, 0.29) is 34.1 Å². The van der Waals surface area contributed by atoms with E-state index in [4.69, 9.17) is 11.6 Å². The lowest BCUT2D eigenvalue weighted by Crippen LogP contribution is -2.53. The fourth-order valence-electron chi connectivity index (χ4n) is 4.82. The Bertz CT molecular complexity index is 1360. The van der Waals surface area contributed by atoms with Crippen molar-refractivity contribution >= 4 is 39.1 Å². The van der Waals surface area contributed by atoms with Crippen LogP contribution < -0.4 is 9.62 Å². The van der Waals surface area contributed by atoms with Gasteiger partial charge in [-0.2, -0.15) is 0 Å². The number of amides is 2. The van der Waals surface area contributed by atoms with E-state index >= 15 is 0 Å². The van der Waals surface area contributed by atoms with Gasteiger partial charge in [-0.15, -0.1) is 0 Å². The van der Waals surface area contributed by atoms with E-state index in [0.717, 1.165) is 42.0 Å². The highest BCUT2D eigenvalue weighted by atomic mass is 35.5. The molecule has 2 amide bonds. The Hall–Kier alpha value is -3.36. The fourth-order valence-corrected chi connectivity index (χ4v) is 6.56. The van der Waals surface area contributed by atoms with Gasteiger partial charge in [0.2, 0.25) is 11.8 Å². The summed E-state index contributed by atoms with van der Waals surface area (Å²) in [5, 5.41) is 3.30. The number of nitrogens with zero attached hydrogens (tertiary/aromatic N) is 2. The fraction of sp³-hybridized carbons (Fsp3) is 0.333. The predicted octanol–water partition coefficient (Wildman–Crippen LogP) is 5.40. The Morgan fingerprint density at radius 2 is 1.49 bits per heavy atom. The van der Waals surface area contributed by atoms with Crippen molar-refractivity contribution in [3.63, 3.8) is 0 Å². The zero-order valence-corrected chi connectivity index (χ0v) is 23.6. The highest BCUT2D eigenvalue weighted by Gasteiger charge is 2.33. The highest BCUT2D eigenvalue weighted by molar-refractivity contribution is 7.92. The van der Waals surface area contributed by atoms with Crippen molar-refractivity contribution in [2.45, 2.75) is 62.6 Å². The van der Waals surface area contributed by atoms with Gasteiger partial charge in [0.1, 0.15) is 12.6 Å². The molecule has 39 heavy (non-hydrogen) atoms. The molecule has 0 radical (unpaired) electrons. The van der Waals surface area contributed by atoms with Gasteiger partial charge < -0.3 is 10.2 Å². The van der Waals surface area contributed by atoms with Gasteiger partial charge in [-0.1, -0.05) is 91.5 Å². The first-order valence-electron chi connectivity index (χ1n) is 13.2. The number of para-hydroxylation sites is 1. The van der Waals surface area contributed by atoms with Crippen LogP contribution in [0.2, 0.25) is 5.02 Å². The minimum atomic E-state index is -4.15. The van der Waals surface area contributed by atoms with Gasteiger partial charge in [0.15, 0.2) is 0 Å². The van der Waals surface area contributed by atoms with Crippen LogP contribution in [0.3, 0.4) is 0 Å². The standard InChI is InChI=1S/C30H34ClN3O4S/c1-23(30(36)32-25-15-7-3-8-16-25)33(21-24-13-5-2-6-14-24)29(35)22-34(28-20-12-11-19-27(28)31)39(37,38)26-17-9-4-10-18-26/h2,4-6,9-14,17-20,23,25H,3,7-8,15-16,21-22H2,1H3,(H,32,36)/t23-/m0/s1. The van der Waals surface area contributed by atoms with Crippen LogP contribution in [0.15, 0.2) is 89.8 Å². The molecule has 1 aliphatic carbocycles. The number of hydrogen-bond acceptors (Lipinski definition) is 4. The van der Waals surface area contributed by atoms with Gasteiger partial charge in [-0.05, 0) is 49.6 Å². The van der Waals surface area contributed by atoms with E-state index in [0.29, 0.717) is 0 Å². The maximum Gasteiger partial charge on any atom is 0.264 e. The van der Waals surface area contributed by atoms with E-state index in [2.05, 4.69) is 5.32 Å². The number of halogens is 1. The summed E-state index contributed by atoms with van der Waals surface area (Å²) >= 11 is 6.43. The lowest BCUT2D eigenvalue weighted by molar-refractivity contribution is -0.139. The lowest BCUT2D eigenvalue weighted by Gasteiger charge is -2.33. The quantitative estimate of drug-likeness (QED) is 0.355. The Morgan fingerprint density at radius 1 is 0.897 bits per heavy atom. The molecule has 3 aromatic carbocycles. The number of hydrogen-bond donors (Lipinski definition) is 1. The molecule has 0 bridgehead atoms. The van der Waals surface area contributed by atoms with Crippen molar-refractivity contribution in [3.8, 4) is 0 Å². The normalized spacial score (nSPS) is 14.8. The maximum atomic E-state index is 14.0. The van der Waals surface area contributed by atoms with E-state index < -0.39 is 28.5 Å². The molecule has 0 unspecified atom stereocenters. The Balaban J connectivity index is 1.66. The molecule has 1 N–H and O–H groups in total. The number of carbonyl (C=O) groups excluding carboxylic acids is 2. The average molecular weight is 568 g/mol. The van der Waals surface area contributed by atoms with Crippen molar-refractivity contribution in [3.05, 3.63) is 95.5 Å². The second kappa shape index (κ2) is 13.1. The summed E-state index contributed by atoms with van der Waals surface area (Å²) in [4.78, 5) is 28.8. The van der Waals surface area contributed by atoms with Gasteiger partial charge in [0, 0.05) is 12.6 Å². The monoisotopic (exact) mass is 567 g/mol. The average Bonchev–Trinajstić information content (AvgIpc) is 2.96. The zero-order chi connectivity index (χ0) is 27.8. The minimum Gasteiger partial charge on any atom is -0.352 e. The molecule has 4 rings (SSSR count). The largest absolute Gasteiger partial charge is 0.352 e. The molecular weight excluding hydrogens is 534 g/mol. The van der Waals surface area contributed by atoms with Crippen LogP contribution in [0, 0.1) is 0 Å². The summed E-state index contributed by atoms with van der Waals surface area (Å²) in [7, 11) is -4.15. The maximum absolute atomic E-state index is 14.0. The topological polar surface area (TPSA) is 86.8 Å². The summed E-state index contributed by atoms with van der Waals surface area (Å²) in [5.74, 6) is -0.758. The van der Waals surface area contributed by atoms with Crippen LogP contribution in [-0.4, -0.2) is 43.8 Å². The van der Waals surface area contributed by atoms with Gasteiger partial charge >= 0.3 is 0 Å².